The summed E-state index contributed by atoms with van der Waals surface area (Å²) in [5.41, 5.74) is 0.601. The van der Waals surface area contributed by atoms with Gasteiger partial charge in [-0.3, -0.25) is 0 Å². The predicted molar refractivity (Wildman–Crippen MR) is 51.4 cm³/mol. The van der Waals surface area contributed by atoms with Gasteiger partial charge in [-0.2, -0.15) is 5.26 Å². The van der Waals surface area contributed by atoms with Crippen molar-refractivity contribution in [1.29, 1.82) is 5.26 Å². The van der Waals surface area contributed by atoms with Crippen LogP contribution >= 0.6 is 0 Å². The molecule has 1 aliphatic heterocycles. The van der Waals surface area contributed by atoms with Gasteiger partial charge in [0.1, 0.15) is 12.7 Å². The highest BCUT2D eigenvalue weighted by molar-refractivity contribution is 5.47. The molecule has 0 aromatic heterocycles. The number of fused-ring (bicyclic) bond motifs is 1. The van der Waals surface area contributed by atoms with Crippen molar-refractivity contribution < 1.29 is 9.47 Å². The molecule has 0 amide bonds. The lowest BCUT2D eigenvalue weighted by Gasteiger charge is -2.25. The summed E-state index contributed by atoms with van der Waals surface area (Å²) in [5.74, 6) is 1.41. The van der Waals surface area contributed by atoms with Crippen LogP contribution in [0.4, 0.5) is 0 Å². The Morgan fingerprint density at radius 1 is 1.50 bits per heavy atom. The smallest absolute Gasteiger partial charge is 0.163 e. The van der Waals surface area contributed by atoms with Gasteiger partial charge in [0.25, 0.3) is 0 Å². The lowest BCUT2D eigenvalue weighted by atomic mass is 10.2. The Hall–Kier alpha value is -1.69. The average molecular weight is 189 g/mol. The molecule has 0 saturated heterocycles. The highest BCUT2D eigenvalue weighted by atomic mass is 16.6. The van der Waals surface area contributed by atoms with Gasteiger partial charge in [-0.25, -0.2) is 0 Å². The zero-order valence-electron chi connectivity index (χ0n) is 7.99. The number of nitrogens with zero attached hydrogens (tertiary/aromatic N) is 1. The molecule has 0 bridgehead atoms. The zero-order chi connectivity index (χ0) is 9.97. The van der Waals surface area contributed by atoms with E-state index in [1.807, 2.05) is 6.92 Å². The Labute approximate surface area is 82.9 Å². The molecule has 0 radical (unpaired) electrons. The Balaban J connectivity index is 2.31. The topological polar surface area (TPSA) is 42.2 Å². The van der Waals surface area contributed by atoms with Crippen LogP contribution in [0.2, 0.25) is 0 Å². The minimum Gasteiger partial charge on any atom is -0.486 e. The minimum absolute atomic E-state index is 0.108. The second kappa shape index (κ2) is 3.59. The summed E-state index contributed by atoms with van der Waals surface area (Å²) in [7, 11) is 0. The SMILES string of the molecule is CCC1COc2ccc(C#N)cc2O1. The van der Waals surface area contributed by atoms with Crippen LogP contribution in [-0.4, -0.2) is 12.7 Å². The van der Waals surface area contributed by atoms with Crippen LogP contribution in [0.15, 0.2) is 18.2 Å². The first-order chi connectivity index (χ1) is 6.83. The van der Waals surface area contributed by atoms with Crippen molar-refractivity contribution in [3.63, 3.8) is 0 Å². The summed E-state index contributed by atoms with van der Waals surface area (Å²) in [6, 6.07) is 7.30. The Bertz CT molecular complexity index is 381. The first kappa shape index (κ1) is 8.89. The van der Waals surface area contributed by atoms with Gasteiger partial charge in [0.05, 0.1) is 11.6 Å². The molecule has 1 aromatic carbocycles. The molecule has 1 heterocycles. The zero-order valence-corrected chi connectivity index (χ0v) is 7.99. The van der Waals surface area contributed by atoms with Crippen molar-refractivity contribution >= 4 is 0 Å². The van der Waals surface area contributed by atoms with Crippen molar-refractivity contribution in [2.24, 2.45) is 0 Å². The molecule has 3 heteroatoms. The third kappa shape index (κ3) is 1.51. The third-order valence-corrected chi connectivity index (χ3v) is 2.25. The quantitative estimate of drug-likeness (QED) is 0.679. The van der Waals surface area contributed by atoms with Crippen LogP contribution in [-0.2, 0) is 0 Å². The summed E-state index contributed by atoms with van der Waals surface area (Å²) in [6.07, 6.45) is 1.02. The molecular weight excluding hydrogens is 178 g/mol. The van der Waals surface area contributed by atoms with E-state index in [1.165, 1.54) is 0 Å². The van der Waals surface area contributed by atoms with Gasteiger partial charge in [-0.05, 0) is 18.6 Å². The summed E-state index contributed by atoms with van der Waals surface area (Å²) >= 11 is 0. The molecule has 1 aromatic rings. The van der Waals surface area contributed by atoms with E-state index in [0.29, 0.717) is 17.9 Å². The predicted octanol–water partition coefficient (Wildman–Crippen LogP) is 2.11. The fraction of sp³-hybridized carbons (Fsp3) is 0.364. The van der Waals surface area contributed by atoms with E-state index in [1.54, 1.807) is 18.2 Å². The number of nitriles is 1. The van der Waals surface area contributed by atoms with Gasteiger partial charge in [-0.15, -0.1) is 0 Å². The second-order valence-electron chi connectivity index (χ2n) is 3.23. The standard InChI is InChI=1S/C11H11NO2/c1-2-9-7-13-10-4-3-8(6-12)5-11(10)14-9/h3-5,9H,2,7H2,1H3. The summed E-state index contributed by atoms with van der Waals surface area (Å²) in [5, 5.41) is 8.72. The van der Waals surface area contributed by atoms with Gasteiger partial charge >= 0.3 is 0 Å². The van der Waals surface area contributed by atoms with Gasteiger partial charge in [0.2, 0.25) is 0 Å². The van der Waals surface area contributed by atoms with Gasteiger partial charge < -0.3 is 9.47 Å². The van der Waals surface area contributed by atoms with Crippen molar-refractivity contribution in [2.45, 2.75) is 19.4 Å². The Kier molecular flexibility index (Phi) is 2.28. The number of ether oxygens (including phenoxy) is 2. The molecule has 1 aliphatic rings. The fourth-order valence-electron chi connectivity index (χ4n) is 1.39. The molecule has 1 atom stereocenters. The maximum atomic E-state index is 8.72. The van der Waals surface area contributed by atoms with Gasteiger partial charge in [-0.1, -0.05) is 6.92 Å². The maximum absolute atomic E-state index is 8.72. The lowest BCUT2D eigenvalue weighted by Crippen LogP contribution is -2.28. The maximum Gasteiger partial charge on any atom is 0.163 e. The first-order valence-corrected chi connectivity index (χ1v) is 4.67. The summed E-state index contributed by atoms with van der Waals surface area (Å²) in [6.45, 7) is 2.64. The lowest BCUT2D eigenvalue weighted by molar-refractivity contribution is 0.0884. The van der Waals surface area contributed by atoms with E-state index in [9.17, 15) is 0 Å². The van der Waals surface area contributed by atoms with Crippen molar-refractivity contribution in [2.75, 3.05) is 6.61 Å². The minimum atomic E-state index is 0.108. The van der Waals surface area contributed by atoms with Crippen molar-refractivity contribution in [3.8, 4) is 17.6 Å². The van der Waals surface area contributed by atoms with Crippen LogP contribution in [0.25, 0.3) is 0 Å². The molecular formula is C11H11NO2. The van der Waals surface area contributed by atoms with Crippen molar-refractivity contribution in [1.82, 2.24) is 0 Å². The largest absolute Gasteiger partial charge is 0.486 e. The third-order valence-electron chi connectivity index (χ3n) is 2.25. The van der Waals surface area contributed by atoms with Crippen molar-refractivity contribution in [3.05, 3.63) is 23.8 Å². The molecule has 2 rings (SSSR count). The second-order valence-corrected chi connectivity index (χ2v) is 3.23. The molecule has 72 valence electrons. The van der Waals surface area contributed by atoms with Crippen LogP contribution in [0, 0.1) is 11.3 Å². The number of rotatable bonds is 1. The molecule has 1 unspecified atom stereocenters. The van der Waals surface area contributed by atoms with Crippen LogP contribution in [0.3, 0.4) is 0 Å². The van der Waals surface area contributed by atoms with E-state index in [4.69, 9.17) is 14.7 Å². The Morgan fingerprint density at radius 2 is 2.36 bits per heavy atom. The van der Waals surface area contributed by atoms with E-state index in [2.05, 4.69) is 6.07 Å². The first-order valence-electron chi connectivity index (χ1n) is 4.67. The van der Waals surface area contributed by atoms with E-state index in [-0.39, 0.29) is 6.10 Å². The van der Waals surface area contributed by atoms with Crippen LogP contribution in [0.1, 0.15) is 18.9 Å². The molecule has 0 saturated carbocycles. The Morgan fingerprint density at radius 3 is 3.07 bits per heavy atom. The van der Waals surface area contributed by atoms with E-state index in [0.717, 1.165) is 12.2 Å². The van der Waals surface area contributed by atoms with Crippen LogP contribution in [0.5, 0.6) is 11.5 Å². The number of hydrogen-bond acceptors (Lipinski definition) is 3. The molecule has 3 nitrogen and oxygen atoms in total. The summed E-state index contributed by atoms with van der Waals surface area (Å²) in [4.78, 5) is 0. The van der Waals surface area contributed by atoms with Gasteiger partial charge in [0.15, 0.2) is 11.5 Å². The highest BCUT2D eigenvalue weighted by Crippen LogP contribution is 2.32. The number of hydrogen-bond donors (Lipinski definition) is 0. The van der Waals surface area contributed by atoms with Crippen LogP contribution < -0.4 is 9.47 Å². The molecule has 0 N–H and O–H groups in total. The highest BCUT2D eigenvalue weighted by Gasteiger charge is 2.19. The molecule has 0 spiro atoms. The monoisotopic (exact) mass is 189 g/mol. The number of benzene rings is 1. The molecule has 14 heavy (non-hydrogen) atoms. The van der Waals surface area contributed by atoms with Gasteiger partial charge in [0, 0.05) is 6.07 Å². The fourth-order valence-corrected chi connectivity index (χ4v) is 1.39. The van der Waals surface area contributed by atoms with E-state index < -0.39 is 0 Å². The summed E-state index contributed by atoms with van der Waals surface area (Å²) < 4.78 is 11.1. The van der Waals surface area contributed by atoms with E-state index >= 15 is 0 Å². The molecule has 0 fully saturated rings. The molecule has 0 aliphatic carbocycles. The average Bonchev–Trinajstić information content (AvgIpc) is 2.27. The normalized spacial score (nSPS) is 18.7.